The molecule has 0 radical (unpaired) electrons. The predicted octanol–water partition coefficient (Wildman–Crippen LogP) is 4.31. The first-order chi connectivity index (χ1) is 10.1. The average Bonchev–Trinajstić information content (AvgIpc) is 2.45. The van der Waals surface area contributed by atoms with Crippen LogP contribution in [-0.4, -0.2) is 4.92 Å². The van der Waals surface area contributed by atoms with Crippen LogP contribution in [0, 0.1) is 15.9 Å². The molecule has 0 aliphatic heterocycles. The minimum absolute atomic E-state index is 0.0521. The van der Waals surface area contributed by atoms with Crippen LogP contribution >= 0.6 is 11.6 Å². The lowest BCUT2D eigenvalue weighted by molar-refractivity contribution is -0.400. The Hall–Kier alpha value is -2.40. The highest BCUT2D eigenvalue weighted by Crippen LogP contribution is 2.27. The average molecular weight is 308 g/mol. The van der Waals surface area contributed by atoms with Gasteiger partial charge in [-0.3, -0.25) is 10.1 Å². The molecule has 2 aromatic carbocycles. The highest BCUT2D eigenvalue weighted by molar-refractivity contribution is 6.32. The van der Waals surface area contributed by atoms with E-state index in [-0.39, 0.29) is 12.4 Å². The van der Waals surface area contributed by atoms with Crippen molar-refractivity contribution in [3.63, 3.8) is 0 Å². The number of halogens is 2. The molecule has 21 heavy (non-hydrogen) atoms. The summed E-state index contributed by atoms with van der Waals surface area (Å²) in [4.78, 5) is 9.68. The second-order valence-corrected chi connectivity index (χ2v) is 4.58. The van der Waals surface area contributed by atoms with Crippen molar-refractivity contribution in [1.29, 1.82) is 0 Å². The van der Waals surface area contributed by atoms with E-state index in [0.717, 1.165) is 6.20 Å². The van der Waals surface area contributed by atoms with E-state index >= 15 is 0 Å². The fourth-order valence-corrected chi connectivity index (χ4v) is 1.90. The minimum atomic E-state index is -0.559. The molecule has 6 heteroatoms. The van der Waals surface area contributed by atoms with E-state index in [0.29, 0.717) is 21.9 Å². The Morgan fingerprint density at radius 1 is 1.29 bits per heavy atom. The van der Waals surface area contributed by atoms with Gasteiger partial charge in [-0.05, 0) is 23.8 Å². The first-order valence-electron chi connectivity index (χ1n) is 6.04. The Labute approximate surface area is 125 Å². The zero-order chi connectivity index (χ0) is 15.2. The van der Waals surface area contributed by atoms with Crippen LogP contribution in [0.1, 0.15) is 11.1 Å². The Balaban J connectivity index is 2.08. The Kier molecular flexibility index (Phi) is 4.90. The molecule has 0 amide bonds. The molecular formula is C15H11ClFNO3. The van der Waals surface area contributed by atoms with Gasteiger partial charge in [-0.15, -0.1) is 0 Å². The number of hydrogen-bond donors (Lipinski definition) is 0. The Bertz CT molecular complexity index is 688. The van der Waals surface area contributed by atoms with E-state index in [2.05, 4.69) is 0 Å². The third-order valence-corrected chi connectivity index (χ3v) is 2.98. The molecule has 0 fully saturated rings. The first kappa shape index (κ1) is 15.0. The van der Waals surface area contributed by atoms with E-state index in [9.17, 15) is 14.5 Å². The van der Waals surface area contributed by atoms with Gasteiger partial charge in [-0.25, -0.2) is 4.39 Å². The maximum absolute atomic E-state index is 13.4. The van der Waals surface area contributed by atoms with E-state index in [1.165, 1.54) is 18.2 Å². The molecular weight excluding hydrogens is 297 g/mol. The predicted molar refractivity (Wildman–Crippen MR) is 78.2 cm³/mol. The third kappa shape index (κ3) is 4.29. The molecule has 2 rings (SSSR count). The number of rotatable bonds is 5. The molecule has 4 nitrogen and oxygen atoms in total. The van der Waals surface area contributed by atoms with Crippen molar-refractivity contribution >= 4 is 17.7 Å². The summed E-state index contributed by atoms with van der Waals surface area (Å²) in [7, 11) is 0. The lowest BCUT2D eigenvalue weighted by Crippen LogP contribution is -1.98. The van der Waals surface area contributed by atoms with Gasteiger partial charge in [0, 0.05) is 11.6 Å². The van der Waals surface area contributed by atoms with Gasteiger partial charge in [-0.2, -0.15) is 0 Å². The zero-order valence-corrected chi connectivity index (χ0v) is 11.6. The van der Waals surface area contributed by atoms with Crippen LogP contribution in [-0.2, 0) is 6.61 Å². The van der Waals surface area contributed by atoms with Crippen molar-refractivity contribution in [2.75, 3.05) is 0 Å². The van der Waals surface area contributed by atoms with Gasteiger partial charge >= 0.3 is 0 Å². The van der Waals surface area contributed by atoms with Crippen LogP contribution < -0.4 is 4.74 Å². The molecule has 0 atom stereocenters. The molecule has 0 spiro atoms. The van der Waals surface area contributed by atoms with Crippen LogP contribution in [0.3, 0.4) is 0 Å². The molecule has 108 valence electrons. The zero-order valence-electron chi connectivity index (χ0n) is 10.8. The first-order valence-corrected chi connectivity index (χ1v) is 6.41. The van der Waals surface area contributed by atoms with Crippen molar-refractivity contribution in [2.24, 2.45) is 0 Å². The van der Waals surface area contributed by atoms with Crippen molar-refractivity contribution in [3.05, 3.63) is 80.7 Å². The second kappa shape index (κ2) is 6.85. The van der Waals surface area contributed by atoms with Gasteiger partial charge < -0.3 is 4.74 Å². The molecule has 0 unspecified atom stereocenters. The van der Waals surface area contributed by atoms with E-state index in [1.54, 1.807) is 30.3 Å². The molecule has 0 aliphatic rings. The summed E-state index contributed by atoms with van der Waals surface area (Å²) in [6.45, 7) is 0.0521. The summed E-state index contributed by atoms with van der Waals surface area (Å²) in [5, 5.41) is 10.5. The number of nitrogens with zero attached hydrogens (tertiary/aromatic N) is 1. The van der Waals surface area contributed by atoms with Crippen LogP contribution in [0.4, 0.5) is 4.39 Å². The summed E-state index contributed by atoms with van der Waals surface area (Å²) < 4.78 is 18.9. The molecule has 0 aromatic heterocycles. The summed E-state index contributed by atoms with van der Waals surface area (Å²) in [6, 6.07) is 11.0. The van der Waals surface area contributed by atoms with Crippen LogP contribution in [0.15, 0.2) is 48.7 Å². The van der Waals surface area contributed by atoms with E-state index < -0.39 is 4.92 Å². The summed E-state index contributed by atoms with van der Waals surface area (Å²) in [5.74, 6) is 0.0392. The van der Waals surface area contributed by atoms with Gasteiger partial charge in [0.15, 0.2) is 0 Å². The third-order valence-electron chi connectivity index (χ3n) is 2.69. The standard InChI is InChI=1S/C15H11ClFNO3/c16-13-9-11(7-8-18(19)20)5-6-15(13)21-10-12-3-1-2-4-14(12)17/h1-9H,10H2. The summed E-state index contributed by atoms with van der Waals surface area (Å²) in [5.41, 5.74) is 1.00. The Morgan fingerprint density at radius 3 is 2.71 bits per heavy atom. The summed E-state index contributed by atoms with van der Waals surface area (Å²) >= 11 is 6.03. The largest absolute Gasteiger partial charge is 0.487 e. The second-order valence-electron chi connectivity index (χ2n) is 4.17. The monoisotopic (exact) mass is 307 g/mol. The van der Waals surface area contributed by atoms with Gasteiger partial charge in [-0.1, -0.05) is 35.9 Å². The molecule has 0 saturated heterocycles. The van der Waals surface area contributed by atoms with Gasteiger partial charge in [0.1, 0.15) is 18.2 Å². The number of hydrogen-bond acceptors (Lipinski definition) is 3. The van der Waals surface area contributed by atoms with Crippen LogP contribution in [0.25, 0.3) is 6.08 Å². The normalized spacial score (nSPS) is 10.8. The van der Waals surface area contributed by atoms with Gasteiger partial charge in [0.2, 0.25) is 6.20 Å². The number of benzene rings is 2. The van der Waals surface area contributed by atoms with Crippen molar-refractivity contribution < 1.29 is 14.1 Å². The molecule has 0 saturated carbocycles. The molecule has 0 bridgehead atoms. The highest BCUT2D eigenvalue weighted by atomic mass is 35.5. The maximum atomic E-state index is 13.4. The number of nitro groups is 1. The SMILES string of the molecule is O=[N+]([O-])C=Cc1ccc(OCc2ccccc2F)c(Cl)c1. The fourth-order valence-electron chi connectivity index (χ4n) is 1.66. The summed E-state index contributed by atoms with van der Waals surface area (Å²) in [6.07, 6.45) is 2.15. The lowest BCUT2D eigenvalue weighted by Gasteiger charge is -2.09. The molecule has 0 heterocycles. The molecule has 2 aromatic rings. The smallest absolute Gasteiger partial charge is 0.235 e. The maximum Gasteiger partial charge on any atom is 0.235 e. The molecule has 0 N–H and O–H groups in total. The van der Waals surface area contributed by atoms with Gasteiger partial charge in [0.25, 0.3) is 0 Å². The van der Waals surface area contributed by atoms with Gasteiger partial charge in [0.05, 0.1) is 9.95 Å². The lowest BCUT2D eigenvalue weighted by atomic mass is 10.2. The Morgan fingerprint density at radius 2 is 2.05 bits per heavy atom. The van der Waals surface area contributed by atoms with Crippen LogP contribution in [0.5, 0.6) is 5.75 Å². The fraction of sp³-hybridized carbons (Fsp3) is 0.0667. The van der Waals surface area contributed by atoms with E-state index in [1.807, 2.05) is 0 Å². The van der Waals surface area contributed by atoms with Crippen molar-refractivity contribution in [2.45, 2.75) is 6.61 Å². The minimum Gasteiger partial charge on any atom is -0.487 e. The van der Waals surface area contributed by atoms with Crippen LogP contribution in [0.2, 0.25) is 5.02 Å². The van der Waals surface area contributed by atoms with Crippen molar-refractivity contribution in [1.82, 2.24) is 0 Å². The van der Waals surface area contributed by atoms with E-state index in [4.69, 9.17) is 16.3 Å². The quantitative estimate of drug-likeness (QED) is 0.611. The number of ether oxygens (including phenoxy) is 1. The molecule has 0 aliphatic carbocycles. The highest BCUT2D eigenvalue weighted by Gasteiger charge is 2.05. The van der Waals surface area contributed by atoms with Crippen molar-refractivity contribution in [3.8, 4) is 5.75 Å². The topological polar surface area (TPSA) is 52.4 Å².